The lowest BCUT2D eigenvalue weighted by Crippen LogP contribution is -2.48. The van der Waals surface area contributed by atoms with Crippen LogP contribution >= 0.6 is 24.0 Å². The fraction of sp³-hybridized carbons (Fsp3) is 0.895. The van der Waals surface area contributed by atoms with E-state index in [2.05, 4.69) is 15.2 Å². The summed E-state index contributed by atoms with van der Waals surface area (Å²) in [4.78, 5) is 20.2. The molecule has 1 amide bonds. The molecular formula is C19H37IN4O3. The summed E-state index contributed by atoms with van der Waals surface area (Å²) in [5.74, 6) is 1.58. The Morgan fingerprint density at radius 3 is 2.44 bits per heavy atom. The Labute approximate surface area is 181 Å². The van der Waals surface area contributed by atoms with E-state index in [0.29, 0.717) is 19.3 Å². The predicted molar refractivity (Wildman–Crippen MR) is 119 cm³/mol. The molecule has 0 bridgehead atoms. The topological polar surface area (TPSA) is 66.4 Å². The van der Waals surface area contributed by atoms with Crippen molar-refractivity contribution in [2.24, 2.45) is 10.9 Å². The Morgan fingerprint density at radius 2 is 1.85 bits per heavy atom. The van der Waals surface area contributed by atoms with Crippen molar-refractivity contribution in [2.45, 2.75) is 44.6 Å². The van der Waals surface area contributed by atoms with Gasteiger partial charge in [-0.2, -0.15) is 0 Å². The average Bonchev–Trinajstić information content (AvgIpc) is 3.16. The number of nitrogens with zero attached hydrogens (tertiary/aromatic N) is 3. The van der Waals surface area contributed by atoms with Gasteiger partial charge in [0.15, 0.2) is 5.96 Å². The molecule has 0 aromatic carbocycles. The number of carbonyl (C=O) groups is 1. The summed E-state index contributed by atoms with van der Waals surface area (Å²) in [5.41, 5.74) is 0. The summed E-state index contributed by atoms with van der Waals surface area (Å²) in [6.07, 6.45) is 7.78. The molecular weight excluding hydrogens is 459 g/mol. The number of hydrogen-bond acceptors (Lipinski definition) is 4. The molecule has 158 valence electrons. The molecule has 7 nitrogen and oxygen atoms in total. The van der Waals surface area contributed by atoms with E-state index in [1.54, 1.807) is 26.1 Å². The zero-order chi connectivity index (χ0) is 18.8. The summed E-state index contributed by atoms with van der Waals surface area (Å²) >= 11 is 0. The molecule has 0 spiro atoms. The number of methoxy groups -OCH3 is 1. The van der Waals surface area contributed by atoms with Crippen molar-refractivity contribution in [1.29, 1.82) is 0 Å². The predicted octanol–water partition coefficient (Wildman–Crippen LogP) is 1.96. The monoisotopic (exact) mass is 496 g/mol. The lowest BCUT2D eigenvalue weighted by atomic mass is 10.1. The highest BCUT2D eigenvalue weighted by Gasteiger charge is 2.24. The summed E-state index contributed by atoms with van der Waals surface area (Å²) in [7, 11) is 5.19. The first-order chi connectivity index (χ1) is 12.6. The molecule has 2 aliphatic rings. The number of amides is 1. The van der Waals surface area contributed by atoms with Crippen LogP contribution in [0.3, 0.4) is 0 Å². The number of aliphatic imine (C=N–C) groups is 1. The average molecular weight is 496 g/mol. The van der Waals surface area contributed by atoms with Crippen LogP contribution in [0, 0.1) is 5.92 Å². The first-order valence-electron chi connectivity index (χ1n) is 9.94. The second-order valence-electron chi connectivity index (χ2n) is 7.52. The lowest BCUT2D eigenvalue weighted by molar-refractivity contribution is -0.127. The number of ether oxygens (including phenoxy) is 2. The van der Waals surface area contributed by atoms with E-state index in [0.717, 1.165) is 44.4 Å². The van der Waals surface area contributed by atoms with Crippen LogP contribution in [-0.4, -0.2) is 88.4 Å². The van der Waals surface area contributed by atoms with Crippen molar-refractivity contribution in [3.63, 3.8) is 0 Å². The quantitative estimate of drug-likeness (QED) is 0.241. The highest BCUT2D eigenvalue weighted by atomic mass is 127. The molecule has 0 radical (unpaired) electrons. The second-order valence-corrected chi connectivity index (χ2v) is 7.52. The Morgan fingerprint density at radius 1 is 1.19 bits per heavy atom. The van der Waals surface area contributed by atoms with E-state index in [4.69, 9.17) is 9.47 Å². The van der Waals surface area contributed by atoms with Crippen LogP contribution in [-0.2, 0) is 14.3 Å². The molecule has 1 heterocycles. The normalized spacial score (nSPS) is 19.1. The highest BCUT2D eigenvalue weighted by molar-refractivity contribution is 14.0. The minimum Gasteiger partial charge on any atom is -0.383 e. The van der Waals surface area contributed by atoms with E-state index >= 15 is 0 Å². The van der Waals surface area contributed by atoms with Crippen LogP contribution in [0.5, 0.6) is 0 Å². The molecule has 1 saturated heterocycles. The van der Waals surface area contributed by atoms with Crippen LogP contribution in [0.4, 0.5) is 0 Å². The number of likely N-dealkylation sites (tertiary alicyclic amines) is 1. The van der Waals surface area contributed by atoms with Gasteiger partial charge in [-0.15, -0.1) is 24.0 Å². The van der Waals surface area contributed by atoms with Gasteiger partial charge < -0.3 is 24.6 Å². The van der Waals surface area contributed by atoms with Gasteiger partial charge in [-0.25, -0.2) is 4.99 Å². The minimum atomic E-state index is 0. The van der Waals surface area contributed by atoms with Crippen LogP contribution in [0.15, 0.2) is 4.99 Å². The van der Waals surface area contributed by atoms with E-state index in [1.165, 1.54) is 25.7 Å². The Balaban J connectivity index is 0.00000364. The zero-order valence-electron chi connectivity index (χ0n) is 17.1. The van der Waals surface area contributed by atoms with E-state index < -0.39 is 0 Å². The molecule has 1 N–H and O–H groups in total. The molecule has 1 aliphatic carbocycles. The number of likely N-dealkylation sites (N-methyl/N-ethyl adjacent to an activating group) is 1. The van der Waals surface area contributed by atoms with Crippen molar-refractivity contribution >= 4 is 35.8 Å². The standard InChI is InChI=1S/C19H36N4O3.HI/c1-22(2)18(24)14-21-19(20-10-13-25-3)23-11-8-17(9-12-23)26-15-16-6-4-5-7-16;/h16-17H,4-15H2,1-3H3,(H,20,21);1H. The maximum atomic E-state index is 11.9. The highest BCUT2D eigenvalue weighted by Crippen LogP contribution is 2.26. The maximum Gasteiger partial charge on any atom is 0.243 e. The van der Waals surface area contributed by atoms with Crippen molar-refractivity contribution in [3.05, 3.63) is 0 Å². The molecule has 2 fully saturated rings. The number of guanidine groups is 1. The molecule has 27 heavy (non-hydrogen) atoms. The van der Waals surface area contributed by atoms with Crippen LogP contribution in [0.2, 0.25) is 0 Å². The molecule has 0 atom stereocenters. The largest absolute Gasteiger partial charge is 0.383 e. The van der Waals surface area contributed by atoms with Gasteiger partial charge >= 0.3 is 0 Å². The molecule has 0 aromatic heterocycles. The molecule has 1 saturated carbocycles. The molecule has 2 rings (SSSR count). The lowest BCUT2D eigenvalue weighted by Gasteiger charge is -2.34. The molecule has 8 heteroatoms. The van der Waals surface area contributed by atoms with Crippen molar-refractivity contribution in [1.82, 2.24) is 15.1 Å². The van der Waals surface area contributed by atoms with Gasteiger partial charge in [0.2, 0.25) is 5.91 Å². The first-order valence-corrected chi connectivity index (χ1v) is 9.94. The zero-order valence-corrected chi connectivity index (χ0v) is 19.4. The number of rotatable bonds is 8. The van der Waals surface area contributed by atoms with Gasteiger partial charge in [0.05, 0.1) is 12.7 Å². The summed E-state index contributed by atoms with van der Waals surface area (Å²) < 4.78 is 11.3. The maximum absolute atomic E-state index is 11.9. The number of halogens is 1. The van der Waals surface area contributed by atoms with Crippen LogP contribution in [0.1, 0.15) is 38.5 Å². The SMILES string of the molecule is COCCNC(=NCC(=O)N(C)C)N1CCC(OCC2CCCC2)CC1.I. The van der Waals surface area contributed by atoms with Crippen LogP contribution in [0.25, 0.3) is 0 Å². The first kappa shape index (κ1) is 24.4. The van der Waals surface area contributed by atoms with Crippen molar-refractivity contribution in [2.75, 3.05) is 60.6 Å². The van der Waals surface area contributed by atoms with E-state index in [1.807, 2.05) is 0 Å². The Bertz CT molecular complexity index is 448. The van der Waals surface area contributed by atoms with E-state index in [-0.39, 0.29) is 36.4 Å². The third-order valence-corrected chi connectivity index (χ3v) is 5.24. The minimum absolute atomic E-state index is 0. The van der Waals surface area contributed by atoms with Crippen LogP contribution < -0.4 is 5.32 Å². The molecule has 0 aromatic rings. The van der Waals surface area contributed by atoms with Crippen molar-refractivity contribution in [3.8, 4) is 0 Å². The molecule has 1 aliphatic heterocycles. The number of hydrogen-bond donors (Lipinski definition) is 1. The summed E-state index contributed by atoms with van der Waals surface area (Å²) in [5, 5.41) is 3.32. The van der Waals surface area contributed by atoms with Gasteiger partial charge in [0, 0.05) is 47.4 Å². The van der Waals surface area contributed by atoms with E-state index in [9.17, 15) is 4.79 Å². The molecule has 0 unspecified atom stereocenters. The summed E-state index contributed by atoms with van der Waals surface area (Å²) in [6, 6.07) is 0. The third-order valence-electron chi connectivity index (χ3n) is 5.24. The fourth-order valence-corrected chi connectivity index (χ4v) is 3.50. The summed E-state index contributed by atoms with van der Waals surface area (Å²) in [6.45, 7) is 4.20. The van der Waals surface area contributed by atoms with Gasteiger partial charge in [-0.3, -0.25) is 4.79 Å². The Hall–Kier alpha value is -0.610. The Kier molecular flexibility index (Phi) is 12.3. The second kappa shape index (κ2) is 13.5. The van der Waals surface area contributed by atoms with Gasteiger partial charge in [-0.1, -0.05) is 12.8 Å². The van der Waals surface area contributed by atoms with Gasteiger partial charge in [-0.05, 0) is 31.6 Å². The van der Waals surface area contributed by atoms with Gasteiger partial charge in [0.1, 0.15) is 6.54 Å². The number of carbonyl (C=O) groups excluding carboxylic acids is 1. The van der Waals surface area contributed by atoms with Gasteiger partial charge in [0.25, 0.3) is 0 Å². The number of nitrogens with one attached hydrogen (secondary N) is 1. The smallest absolute Gasteiger partial charge is 0.243 e. The van der Waals surface area contributed by atoms with Crippen molar-refractivity contribution < 1.29 is 14.3 Å². The fourth-order valence-electron chi connectivity index (χ4n) is 3.50. The third kappa shape index (κ3) is 8.95. The number of piperidine rings is 1.